The molecule has 2 aromatic heterocycles. The van der Waals surface area contributed by atoms with Crippen LogP contribution in [0.2, 0.25) is 0 Å². The molecule has 4 nitrogen and oxygen atoms in total. The Morgan fingerprint density at radius 3 is 2.61 bits per heavy atom. The van der Waals surface area contributed by atoms with Gasteiger partial charge in [0.15, 0.2) is 0 Å². The van der Waals surface area contributed by atoms with Gasteiger partial charge in [-0.25, -0.2) is 0 Å². The molecule has 0 radical (unpaired) electrons. The van der Waals surface area contributed by atoms with Gasteiger partial charge in [-0.15, -0.1) is 0 Å². The summed E-state index contributed by atoms with van der Waals surface area (Å²) >= 11 is 3.41. The van der Waals surface area contributed by atoms with Gasteiger partial charge in [-0.05, 0) is 36.4 Å². The van der Waals surface area contributed by atoms with E-state index in [1.54, 1.807) is 6.26 Å². The van der Waals surface area contributed by atoms with E-state index in [-0.39, 0.29) is 5.91 Å². The van der Waals surface area contributed by atoms with E-state index in [9.17, 15) is 4.79 Å². The summed E-state index contributed by atoms with van der Waals surface area (Å²) in [6.45, 7) is 0.382. The van der Waals surface area contributed by atoms with Gasteiger partial charge >= 0.3 is 0 Å². The second-order valence-electron chi connectivity index (χ2n) is 5.13. The smallest absolute Gasteiger partial charge is 0.220 e. The highest BCUT2D eigenvalue weighted by Gasteiger charge is 2.07. The van der Waals surface area contributed by atoms with E-state index in [2.05, 4.69) is 21.2 Å². The van der Waals surface area contributed by atoms with Crippen LogP contribution in [0.3, 0.4) is 0 Å². The van der Waals surface area contributed by atoms with Crippen molar-refractivity contribution in [2.45, 2.75) is 19.4 Å². The second-order valence-corrected chi connectivity index (χ2v) is 6.04. The first-order valence-corrected chi connectivity index (χ1v) is 8.14. The number of rotatable bonds is 6. The van der Waals surface area contributed by atoms with Crippen molar-refractivity contribution in [1.29, 1.82) is 0 Å². The molecule has 1 aromatic carbocycles. The third kappa shape index (κ3) is 4.36. The molecule has 3 aromatic rings. The summed E-state index contributed by atoms with van der Waals surface area (Å²) in [6, 6.07) is 15.4. The molecule has 1 N–H and O–H groups in total. The maximum atomic E-state index is 11.8. The number of hydrogen-bond acceptors (Lipinski definition) is 3. The van der Waals surface area contributed by atoms with Crippen molar-refractivity contribution >= 4 is 21.8 Å². The first-order chi connectivity index (χ1) is 11.2. The van der Waals surface area contributed by atoms with Crippen molar-refractivity contribution in [2.24, 2.45) is 0 Å². The third-order valence-electron chi connectivity index (χ3n) is 3.43. The second kappa shape index (κ2) is 7.33. The molecule has 0 unspecified atom stereocenters. The Hall–Kier alpha value is -2.27. The summed E-state index contributed by atoms with van der Waals surface area (Å²) in [5.74, 6) is 2.31. The normalized spacial score (nSPS) is 10.7. The Balaban J connectivity index is 1.50. The number of halogens is 1. The van der Waals surface area contributed by atoms with Crippen LogP contribution in [0, 0.1) is 0 Å². The number of hydrogen-bond donors (Lipinski definition) is 1. The average Bonchev–Trinajstić information content (AvgIpc) is 3.23. The van der Waals surface area contributed by atoms with Gasteiger partial charge in [0.05, 0.1) is 12.8 Å². The molecular formula is C18H16BrNO3. The lowest BCUT2D eigenvalue weighted by Crippen LogP contribution is -2.22. The highest BCUT2D eigenvalue weighted by atomic mass is 79.9. The number of amides is 1. The fourth-order valence-corrected chi connectivity index (χ4v) is 2.47. The topological polar surface area (TPSA) is 55.4 Å². The lowest BCUT2D eigenvalue weighted by Gasteiger charge is -2.02. The number of furan rings is 2. The predicted molar refractivity (Wildman–Crippen MR) is 90.7 cm³/mol. The standard InChI is InChI=1S/C18H16BrNO3/c19-14-5-3-13(4-6-14)17-9-7-16(23-17)12-20-18(21)10-8-15-2-1-11-22-15/h1-7,9,11H,8,10,12H2,(H,20,21). The van der Waals surface area contributed by atoms with Gasteiger partial charge in [-0.1, -0.05) is 28.1 Å². The molecular weight excluding hydrogens is 358 g/mol. The first-order valence-electron chi connectivity index (χ1n) is 7.34. The van der Waals surface area contributed by atoms with Crippen molar-refractivity contribution in [3.63, 3.8) is 0 Å². The lowest BCUT2D eigenvalue weighted by molar-refractivity contribution is -0.121. The van der Waals surface area contributed by atoms with Crippen LogP contribution in [0.1, 0.15) is 17.9 Å². The van der Waals surface area contributed by atoms with Crippen molar-refractivity contribution in [3.05, 3.63) is 70.8 Å². The maximum Gasteiger partial charge on any atom is 0.220 e. The van der Waals surface area contributed by atoms with Crippen LogP contribution >= 0.6 is 15.9 Å². The van der Waals surface area contributed by atoms with Crippen molar-refractivity contribution in [1.82, 2.24) is 5.32 Å². The van der Waals surface area contributed by atoms with Gasteiger partial charge in [0, 0.05) is 22.9 Å². The largest absolute Gasteiger partial charge is 0.469 e. The summed E-state index contributed by atoms with van der Waals surface area (Å²) in [4.78, 5) is 11.8. The fourth-order valence-electron chi connectivity index (χ4n) is 2.21. The molecule has 0 spiro atoms. The zero-order chi connectivity index (χ0) is 16.1. The van der Waals surface area contributed by atoms with Gasteiger partial charge < -0.3 is 14.2 Å². The summed E-state index contributed by atoms with van der Waals surface area (Å²) in [7, 11) is 0. The van der Waals surface area contributed by atoms with E-state index < -0.39 is 0 Å². The molecule has 118 valence electrons. The molecule has 0 atom stereocenters. The number of carbonyl (C=O) groups is 1. The minimum absolute atomic E-state index is 0.0250. The molecule has 0 fully saturated rings. The molecule has 0 aliphatic carbocycles. The number of carbonyl (C=O) groups excluding carboxylic acids is 1. The fraction of sp³-hybridized carbons (Fsp3) is 0.167. The van der Waals surface area contributed by atoms with Crippen LogP contribution in [-0.2, 0) is 17.8 Å². The zero-order valence-electron chi connectivity index (χ0n) is 12.4. The third-order valence-corrected chi connectivity index (χ3v) is 3.96. The van der Waals surface area contributed by atoms with E-state index in [0.29, 0.717) is 19.4 Å². The van der Waals surface area contributed by atoms with E-state index in [0.717, 1.165) is 27.3 Å². The molecule has 0 aliphatic heterocycles. The molecule has 2 heterocycles. The van der Waals surface area contributed by atoms with Gasteiger partial charge in [-0.3, -0.25) is 4.79 Å². The Morgan fingerprint density at radius 2 is 1.87 bits per heavy atom. The molecule has 1 amide bonds. The number of nitrogens with one attached hydrogen (secondary N) is 1. The van der Waals surface area contributed by atoms with Crippen LogP contribution in [0.4, 0.5) is 0 Å². The first kappa shape index (κ1) is 15.6. The molecule has 0 saturated carbocycles. The maximum absolute atomic E-state index is 11.8. The number of benzene rings is 1. The Kier molecular flexibility index (Phi) is 4.98. The van der Waals surface area contributed by atoms with E-state index in [4.69, 9.17) is 8.83 Å². The highest BCUT2D eigenvalue weighted by Crippen LogP contribution is 2.23. The monoisotopic (exact) mass is 373 g/mol. The van der Waals surface area contributed by atoms with Crippen LogP contribution < -0.4 is 5.32 Å². The zero-order valence-corrected chi connectivity index (χ0v) is 14.0. The van der Waals surface area contributed by atoms with Gasteiger partial charge in [0.2, 0.25) is 5.91 Å². The Morgan fingerprint density at radius 1 is 1.04 bits per heavy atom. The summed E-state index contributed by atoms with van der Waals surface area (Å²) in [5, 5.41) is 2.85. The summed E-state index contributed by atoms with van der Waals surface area (Å²) in [6.07, 6.45) is 2.61. The minimum atomic E-state index is -0.0250. The Labute approximate surface area is 142 Å². The number of aryl methyl sites for hydroxylation is 1. The highest BCUT2D eigenvalue weighted by molar-refractivity contribution is 9.10. The molecule has 0 bridgehead atoms. The molecule has 3 rings (SSSR count). The van der Waals surface area contributed by atoms with Crippen LogP contribution in [0.25, 0.3) is 11.3 Å². The van der Waals surface area contributed by atoms with Crippen LogP contribution in [0.15, 0.2) is 68.1 Å². The van der Waals surface area contributed by atoms with Crippen molar-refractivity contribution in [2.75, 3.05) is 0 Å². The predicted octanol–water partition coefficient (Wildman–Crippen LogP) is 4.55. The van der Waals surface area contributed by atoms with Gasteiger partial charge in [0.1, 0.15) is 17.3 Å². The summed E-state index contributed by atoms with van der Waals surface area (Å²) < 4.78 is 12.0. The van der Waals surface area contributed by atoms with E-state index in [1.165, 1.54) is 0 Å². The van der Waals surface area contributed by atoms with Gasteiger partial charge in [-0.2, -0.15) is 0 Å². The van der Waals surface area contributed by atoms with E-state index >= 15 is 0 Å². The quantitative estimate of drug-likeness (QED) is 0.689. The molecule has 5 heteroatoms. The van der Waals surface area contributed by atoms with Crippen molar-refractivity contribution < 1.29 is 13.6 Å². The van der Waals surface area contributed by atoms with E-state index in [1.807, 2.05) is 48.5 Å². The Bertz CT molecular complexity index is 760. The lowest BCUT2D eigenvalue weighted by atomic mass is 10.2. The van der Waals surface area contributed by atoms with Crippen LogP contribution in [-0.4, -0.2) is 5.91 Å². The van der Waals surface area contributed by atoms with Gasteiger partial charge in [0.25, 0.3) is 0 Å². The SMILES string of the molecule is O=C(CCc1ccco1)NCc1ccc(-c2ccc(Br)cc2)o1. The molecule has 0 saturated heterocycles. The molecule has 23 heavy (non-hydrogen) atoms. The van der Waals surface area contributed by atoms with Crippen LogP contribution in [0.5, 0.6) is 0 Å². The van der Waals surface area contributed by atoms with Crippen molar-refractivity contribution in [3.8, 4) is 11.3 Å². The molecule has 0 aliphatic rings. The average molecular weight is 374 g/mol. The minimum Gasteiger partial charge on any atom is -0.469 e. The summed E-state index contributed by atoms with van der Waals surface area (Å²) in [5.41, 5.74) is 1.00.